The van der Waals surface area contributed by atoms with E-state index in [9.17, 15) is 9.59 Å². The first-order valence-electron chi connectivity index (χ1n) is 7.63. The van der Waals surface area contributed by atoms with Crippen molar-refractivity contribution < 1.29 is 19.1 Å². The van der Waals surface area contributed by atoms with Gasteiger partial charge in [-0.15, -0.1) is 0 Å². The molecule has 0 bridgehead atoms. The van der Waals surface area contributed by atoms with Crippen molar-refractivity contribution in [1.82, 2.24) is 5.32 Å². The summed E-state index contributed by atoms with van der Waals surface area (Å²) in [5.41, 5.74) is 1.11. The summed E-state index contributed by atoms with van der Waals surface area (Å²) < 4.78 is 10.7. The summed E-state index contributed by atoms with van der Waals surface area (Å²) in [5.74, 6) is 0.180. The van der Waals surface area contributed by atoms with Gasteiger partial charge in [0.15, 0.2) is 6.61 Å². The van der Waals surface area contributed by atoms with Gasteiger partial charge in [0.2, 0.25) is 0 Å². The number of benzene rings is 1. The molecular weight excluding hydrogens is 284 g/mol. The Morgan fingerprint density at radius 3 is 3.00 bits per heavy atom. The number of anilines is 1. The first-order valence-corrected chi connectivity index (χ1v) is 7.63. The minimum Gasteiger partial charge on any atom is -0.482 e. The Bertz CT molecular complexity index is 531. The number of unbranched alkanes of at least 4 members (excludes halogenated alkanes) is 1. The molecule has 22 heavy (non-hydrogen) atoms. The molecule has 120 valence electrons. The minimum absolute atomic E-state index is 0.0207. The van der Waals surface area contributed by atoms with E-state index < -0.39 is 0 Å². The molecule has 0 fully saturated rings. The maximum atomic E-state index is 12.0. The van der Waals surface area contributed by atoms with Crippen molar-refractivity contribution in [3.63, 3.8) is 0 Å². The van der Waals surface area contributed by atoms with E-state index in [2.05, 4.69) is 17.6 Å². The van der Waals surface area contributed by atoms with Crippen molar-refractivity contribution in [3.8, 4) is 5.75 Å². The molecule has 1 aliphatic heterocycles. The maximum absolute atomic E-state index is 12.0. The van der Waals surface area contributed by atoms with E-state index in [1.54, 1.807) is 18.2 Å². The Balaban J connectivity index is 1.75. The molecule has 0 aromatic heterocycles. The number of carbonyl (C=O) groups excluding carboxylic acids is 2. The molecule has 0 radical (unpaired) electrons. The Kier molecular flexibility index (Phi) is 6.21. The van der Waals surface area contributed by atoms with Crippen molar-refractivity contribution >= 4 is 17.5 Å². The third-order valence-electron chi connectivity index (χ3n) is 3.27. The SMILES string of the molecule is CCCCOCCCNC(=O)c1ccc2c(c1)OCC(=O)N2. The van der Waals surface area contributed by atoms with Crippen molar-refractivity contribution in [2.24, 2.45) is 0 Å². The van der Waals surface area contributed by atoms with Crippen LogP contribution >= 0.6 is 0 Å². The van der Waals surface area contributed by atoms with Gasteiger partial charge in [0, 0.05) is 25.3 Å². The van der Waals surface area contributed by atoms with Gasteiger partial charge in [0.25, 0.3) is 11.8 Å². The Morgan fingerprint density at radius 2 is 2.18 bits per heavy atom. The summed E-state index contributed by atoms with van der Waals surface area (Å²) in [6.07, 6.45) is 2.97. The highest BCUT2D eigenvalue weighted by Crippen LogP contribution is 2.28. The third kappa shape index (κ3) is 4.73. The zero-order valence-electron chi connectivity index (χ0n) is 12.8. The first-order chi connectivity index (χ1) is 10.7. The lowest BCUT2D eigenvalue weighted by Gasteiger charge is -2.18. The standard InChI is InChI=1S/C16H22N2O4/c1-2-3-8-21-9-4-7-17-16(20)12-5-6-13-14(10-12)22-11-15(19)18-13/h5-6,10H,2-4,7-9,11H2,1H3,(H,17,20)(H,18,19). The zero-order valence-corrected chi connectivity index (χ0v) is 12.8. The number of hydrogen-bond acceptors (Lipinski definition) is 4. The number of amides is 2. The second-order valence-electron chi connectivity index (χ2n) is 5.12. The van der Waals surface area contributed by atoms with Gasteiger partial charge >= 0.3 is 0 Å². The fourth-order valence-electron chi connectivity index (χ4n) is 2.04. The van der Waals surface area contributed by atoms with Crippen LogP contribution in [0.3, 0.4) is 0 Å². The van der Waals surface area contributed by atoms with Crippen LogP contribution in [-0.4, -0.2) is 38.2 Å². The number of hydrogen-bond donors (Lipinski definition) is 2. The molecular formula is C16H22N2O4. The lowest BCUT2D eigenvalue weighted by atomic mass is 10.1. The van der Waals surface area contributed by atoms with Crippen LogP contribution in [0.25, 0.3) is 0 Å². The molecule has 1 aliphatic rings. The van der Waals surface area contributed by atoms with Gasteiger partial charge in [-0.2, -0.15) is 0 Å². The van der Waals surface area contributed by atoms with Gasteiger partial charge in [-0.1, -0.05) is 13.3 Å². The molecule has 6 nitrogen and oxygen atoms in total. The number of fused-ring (bicyclic) bond motifs is 1. The average molecular weight is 306 g/mol. The fourth-order valence-corrected chi connectivity index (χ4v) is 2.04. The molecule has 0 unspecified atom stereocenters. The lowest BCUT2D eigenvalue weighted by Crippen LogP contribution is -2.27. The summed E-state index contributed by atoms with van der Waals surface area (Å²) in [7, 11) is 0. The van der Waals surface area contributed by atoms with Crippen molar-refractivity contribution in [2.75, 3.05) is 31.7 Å². The van der Waals surface area contributed by atoms with Crippen LogP contribution in [0.2, 0.25) is 0 Å². The van der Waals surface area contributed by atoms with E-state index in [0.29, 0.717) is 30.2 Å². The molecule has 1 aromatic carbocycles. The van der Waals surface area contributed by atoms with Gasteiger partial charge in [-0.05, 0) is 31.0 Å². The molecule has 0 spiro atoms. The molecule has 1 aromatic rings. The lowest BCUT2D eigenvalue weighted by molar-refractivity contribution is -0.118. The van der Waals surface area contributed by atoms with Crippen LogP contribution in [0, 0.1) is 0 Å². The number of rotatable bonds is 8. The Labute approximate surface area is 130 Å². The monoisotopic (exact) mass is 306 g/mol. The van der Waals surface area contributed by atoms with Crippen molar-refractivity contribution in [1.29, 1.82) is 0 Å². The fraction of sp³-hybridized carbons (Fsp3) is 0.500. The predicted molar refractivity (Wildman–Crippen MR) is 83.2 cm³/mol. The van der Waals surface area contributed by atoms with Crippen LogP contribution in [0.15, 0.2) is 18.2 Å². The number of ether oxygens (including phenoxy) is 2. The summed E-state index contributed by atoms with van der Waals surface area (Å²) in [5, 5.41) is 5.53. The molecule has 2 N–H and O–H groups in total. The smallest absolute Gasteiger partial charge is 0.262 e. The normalized spacial score (nSPS) is 13.0. The van der Waals surface area contributed by atoms with Gasteiger partial charge in [0.1, 0.15) is 5.75 Å². The van der Waals surface area contributed by atoms with E-state index in [-0.39, 0.29) is 18.4 Å². The van der Waals surface area contributed by atoms with Gasteiger partial charge in [0.05, 0.1) is 5.69 Å². The summed E-state index contributed by atoms with van der Waals surface area (Å²) in [6, 6.07) is 4.98. The van der Waals surface area contributed by atoms with Crippen LogP contribution < -0.4 is 15.4 Å². The molecule has 1 heterocycles. The largest absolute Gasteiger partial charge is 0.482 e. The summed E-state index contributed by atoms with van der Waals surface area (Å²) >= 11 is 0. The van der Waals surface area contributed by atoms with Crippen LogP contribution in [-0.2, 0) is 9.53 Å². The van der Waals surface area contributed by atoms with Crippen molar-refractivity contribution in [2.45, 2.75) is 26.2 Å². The third-order valence-corrected chi connectivity index (χ3v) is 3.27. The molecule has 0 aliphatic carbocycles. The van der Waals surface area contributed by atoms with E-state index in [4.69, 9.17) is 9.47 Å². The second kappa shape index (κ2) is 8.38. The Morgan fingerprint density at radius 1 is 1.36 bits per heavy atom. The topological polar surface area (TPSA) is 76.7 Å². The van der Waals surface area contributed by atoms with E-state index >= 15 is 0 Å². The quantitative estimate of drug-likeness (QED) is 0.720. The highest BCUT2D eigenvalue weighted by molar-refractivity contribution is 5.98. The Hall–Kier alpha value is -2.08. The predicted octanol–water partition coefficient (Wildman–Crippen LogP) is 1.95. The average Bonchev–Trinajstić information content (AvgIpc) is 2.53. The molecule has 2 rings (SSSR count). The number of nitrogens with one attached hydrogen (secondary N) is 2. The van der Waals surface area contributed by atoms with Crippen LogP contribution in [0.5, 0.6) is 5.75 Å². The van der Waals surface area contributed by atoms with Gasteiger partial charge in [-0.3, -0.25) is 9.59 Å². The first kappa shape index (κ1) is 16.3. The number of carbonyl (C=O) groups is 2. The summed E-state index contributed by atoms with van der Waals surface area (Å²) in [6.45, 7) is 4.10. The van der Waals surface area contributed by atoms with E-state index in [0.717, 1.165) is 25.9 Å². The highest BCUT2D eigenvalue weighted by Gasteiger charge is 2.17. The van der Waals surface area contributed by atoms with Gasteiger partial charge in [-0.25, -0.2) is 0 Å². The van der Waals surface area contributed by atoms with Crippen LogP contribution in [0.1, 0.15) is 36.5 Å². The maximum Gasteiger partial charge on any atom is 0.262 e. The molecule has 0 saturated carbocycles. The van der Waals surface area contributed by atoms with E-state index in [1.165, 1.54) is 0 Å². The minimum atomic E-state index is -0.187. The van der Waals surface area contributed by atoms with Gasteiger partial charge < -0.3 is 20.1 Å². The van der Waals surface area contributed by atoms with E-state index in [1.807, 2.05) is 0 Å². The molecule has 2 amide bonds. The molecule has 0 atom stereocenters. The second-order valence-corrected chi connectivity index (χ2v) is 5.12. The molecule has 6 heteroatoms. The van der Waals surface area contributed by atoms with Crippen LogP contribution in [0.4, 0.5) is 5.69 Å². The summed E-state index contributed by atoms with van der Waals surface area (Å²) in [4.78, 5) is 23.2. The molecule has 0 saturated heterocycles. The highest BCUT2D eigenvalue weighted by atomic mass is 16.5. The zero-order chi connectivity index (χ0) is 15.8. The van der Waals surface area contributed by atoms with Crippen molar-refractivity contribution in [3.05, 3.63) is 23.8 Å².